The van der Waals surface area contributed by atoms with Crippen LogP contribution in [0.3, 0.4) is 0 Å². The van der Waals surface area contributed by atoms with Crippen molar-refractivity contribution in [1.82, 2.24) is 29.5 Å². The third-order valence-corrected chi connectivity index (χ3v) is 5.24. The Morgan fingerprint density at radius 2 is 2.08 bits per heavy atom. The largest absolute Gasteiger partial charge is 0.341 e. The van der Waals surface area contributed by atoms with E-state index in [9.17, 15) is 4.79 Å². The highest BCUT2D eigenvalue weighted by Gasteiger charge is 2.32. The number of hydrogen-bond acceptors (Lipinski definition) is 4. The van der Waals surface area contributed by atoms with Crippen LogP contribution in [0.1, 0.15) is 11.9 Å². The molecule has 2 aliphatic heterocycles. The highest BCUT2D eigenvalue weighted by atomic mass is 16.2. The standard InChI is InChI=1S/C18H21N7O/c1-22-6-7-24(18(22)26)13-8-19-25(11-13)14-9-23(10-14)12-17-20-15-4-2-3-5-16(15)21-17/h2-5,8,11,14H,6-7,9-10,12H2,1H3,(H,20,21). The van der Waals surface area contributed by atoms with Crippen molar-refractivity contribution < 1.29 is 4.79 Å². The van der Waals surface area contributed by atoms with Gasteiger partial charge in [-0.05, 0) is 12.1 Å². The lowest BCUT2D eigenvalue weighted by atomic mass is 10.1. The molecule has 2 aromatic heterocycles. The van der Waals surface area contributed by atoms with Crippen molar-refractivity contribution in [2.75, 3.05) is 38.1 Å². The average Bonchev–Trinajstić information content (AvgIpc) is 3.30. The summed E-state index contributed by atoms with van der Waals surface area (Å²) in [7, 11) is 1.83. The molecule has 26 heavy (non-hydrogen) atoms. The van der Waals surface area contributed by atoms with Gasteiger partial charge in [0.15, 0.2) is 0 Å². The van der Waals surface area contributed by atoms with Crippen LogP contribution in [-0.4, -0.2) is 68.8 Å². The summed E-state index contributed by atoms with van der Waals surface area (Å²) in [6.07, 6.45) is 3.78. The molecule has 3 aromatic rings. The molecule has 2 aliphatic rings. The number of hydrogen-bond donors (Lipinski definition) is 1. The van der Waals surface area contributed by atoms with Crippen molar-refractivity contribution in [1.29, 1.82) is 0 Å². The van der Waals surface area contributed by atoms with E-state index in [0.29, 0.717) is 6.04 Å². The minimum atomic E-state index is 0.0460. The summed E-state index contributed by atoms with van der Waals surface area (Å²) < 4.78 is 1.98. The van der Waals surface area contributed by atoms with E-state index in [1.54, 1.807) is 16.0 Å². The number of carbonyl (C=O) groups excluding carboxylic acids is 1. The number of fused-ring (bicyclic) bond motifs is 1. The Labute approximate surface area is 151 Å². The van der Waals surface area contributed by atoms with E-state index in [-0.39, 0.29) is 6.03 Å². The molecule has 2 fully saturated rings. The summed E-state index contributed by atoms with van der Waals surface area (Å²) in [4.78, 5) is 26.0. The molecule has 2 amide bonds. The molecule has 1 N–H and O–H groups in total. The fraction of sp³-hybridized carbons (Fsp3) is 0.389. The normalized spacial score (nSPS) is 18.9. The highest BCUT2D eigenvalue weighted by Crippen LogP contribution is 2.26. The SMILES string of the molecule is CN1CCN(c2cnn(C3CN(Cc4nc5ccccc5[nH]4)C3)c2)C1=O. The van der Waals surface area contributed by atoms with Gasteiger partial charge in [0.2, 0.25) is 0 Å². The van der Waals surface area contributed by atoms with E-state index in [2.05, 4.69) is 20.0 Å². The molecule has 0 unspecified atom stereocenters. The Balaban J connectivity index is 1.21. The summed E-state index contributed by atoms with van der Waals surface area (Å²) in [6, 6.07) is 8.49. The van der Waals surface area contributed by atoms with Gasteiger partial charge in [-0.2, -0.15) is 5.10 Å². The number of rotatable bonds is 4. The van der Waals surface area contributed by atoms with Crippen LogP contribution in [0.5, 0.6) is 0 Å². The first-order chi connectivity index (χ1) is 12.7. The van der Waals surface area contributed by atoms with Gasteiger partial charge >= 0.3 is 6.03 Å². The maximum absolute atomic E-state index is 12.1. The number of benzene rings is 1. The number of para-hydroxylation sites is 2. The average molecular weight is 351 g/mol. The van der Waals surface area contributed by atoms with Crippen molar-refractivity contribution in [3.05, 3.63) is 42.5 Å². The zero-order valence-electron chi connectivity index (χ0n) is 14.7. The minimum absolute atomic E-state index is 0.0460. The topological polar surface area (TPSA) is 73.3 Å². The molecule has 0 saturated carbocycles. The molecule has 1 aromatic carbocycles. The van der Waals surface area contributed by atoms with Crippen molar-refractivity contribution in [2.24, 2.45) is 0 Å². The quantitative estimate of drug-likeness (QED) is 0.776. The number of urea groups is 1. The van der Waals surface area contributed by atoms with E-state index >= 15 is 0 Å². The third kappa shape index (κ3) is 2.53. The molecular weight excluding hydrogens is 330 g/mol. The molecule has 8 heteroatoms. The van der Waals surface area contributed by atoms with Gasteiger partial charge in [0.1, 0.15) is 5.82 Å². The zero-order valence-corrected chi connectivity index (χ0v) is 14.7. The zero-order chi connectivity index (χ0) is 17.7. The van der Waals surface area contributed by atoms with Gasteiger partial charge in [0.05, 0.1) is 35.5 Å². The number of imidazole rings is 1. The Morgan fingerprint density at radius 3 is 2.85 bits per heavy atom. The summed E-state index contributed by atoms with van der Waals surface area (Å²) >= 11 is 0. The predicted octanol–water partition coefficient (Wildman–Crippen LogP) is 1.69. The molecule has 0 aliphatic carbocycles. The number of aromatic nitrogens is 4. The number of carbonyl (C=O) groups is 1. The Kier molecular flexibility index (Phi) is 3.46. The number of nitrogens with zero attached hydrogens (tertiary/aromatic N) is 6. The van der Waals surface area contributed by atoms with E-state index < -0.39 is 0 Å². The number of amides is 2. The number of nitrogens with one attached hydrogen (secondary N) is 1. The molecule has 2 saturated heterocycles. The monoisotopic (exact) mass is 351 g/mol. The fourth-order valence-corrected chi connectivity index (χ4v) is 3.69. The molecule has 134 valence electrons. The lowest BCUT2D eigenvalue weighted by Crippen LogP contribution is -2.47. The van der Waals surface area contributed by atoms with Crippen LogP contribution in [0.25, 0.3) is 11.0 Å². The van der Waals surface area contributed by atoms with Crippen LogP contribution in [0.2, 0.25) is 0 Å². The molecule has 0 radical (unpaired) electrons. The molecule has 0 spiro atoms. The van der Waals surface area contributed by atoms with Crippen LogP contribution in [-0.2, 0) is 6.54 Å². The number of likely N-dealkylation sites (N-methyl/N-ethyl adjacent to an activating group) is 1. The minimum Gasteiger partial charge on any atom is -0.341 e. The van der Waals surface area contributed by atoms with E-state index in [4.69, 9.17) is 0 Å². The van der Waals surface area contributed by atoms with E-state index in [0.717, 1.165) is 55.3 Å². The molecule has 4 heterocycles. The maximum atomic E-state index is 12.1. The number of H-pyrrole nitrogens is 1. The molecule has 5 rings (SSSR count). The van der Waals surface area contributed by atoms with Crippen LogP contribution in [0.4, 0.5) is 10.5 Å². The van der Waals surface area contributed by atoms with Crippen molar-refractivity contribution in [2.45, 2.75) is 12.6 Å². The molecular formula is C18H21N7O. The van der Waals surface area contributed by atoms with Gasteiger partial charge in [-0.3, -0.25) is 14.5 Å². The van der Waals surface area contributed by atoms with Crippen LogP contribution in [0, 0.1) is 0 Å². The summed E-state index contributed by atoms with van der Waals surface area (Å²) in [5.74, 6) is 0.997. The second-order valence-electron chi connectivity index (χ2n) is 7.08. The number of aromatic amines is 1. The maximum Gasteiger partial charge on any atom is 0.324 e. The first kappa shape index (κ1) is 15.4. The van der Waals surface area contributed by atoms with Gasteiger partial charge in [-0.15, -0.1) is 0 Å². The summed E-state index contributed by atoms with van der Waals surface area (Å²) in [6.45, 7) is 4.18. The predicted molar refractivity (Wildman–Crippen MR) is 98.0 cm³/mol. The number of anilines is 1. The van der Waals surface area contributed by atoms with Crippen LogP contribution >= 0.6 is 0 Å². The van der Waals surface area contributed by atoms with Crippen molar-refractivity contribution in [3.8, 4) is 0 Å². The van der Waals surface area contributed by atoms with Gasteiger partial charge in [0, 0.05) is 39.4 Å². The van der Waals surface area contributed by atoms with Gasteiger partial charge in [0.25, 0.3) is 0 Å². The molecule has 8 nitrogen and oxygen atoms in total. The third-order valence-electron chi connectivity index (χ3n) is 5.24. The van der Waals surface area contributed by atoms with Crippen LogP contribution < -0.4 is 4.90 Å². The number of likely N-dealkylation sites (tertiary alicyclic amines) is 1. The summed E-state index contributed by atoms with van der Waals surface area (Å²) in [5.41, 5.74) is 2.98. The molecule has 0 bridgehead atoms. The Bertz CT molecular complexity index is 922. The smallest absolute Gasteiger partial charge is 0.324 e. The van der Waals surface area contributed by atoms with Gasteiger partial charge in [-0.1, -0.05) is 12.1 Å². The summed E-state index contributed by atoms with van der Waals surface area (Å²) in [5, 5.41) is 4.47. The Morgan fingerprint density at radius 1 is 1.23 bits per heavy atom. The van der Waals surface area contributed by atoms with E-state index in [1.165, 1.54) is 0 Å². The first-order valence-electron chi connectivity index (χ1n) is 8.90. The second-order valence-corrected chi connectivity index (χ2v) is 7.08. The van der Waals surface area contributed by atoms with Crippen LogP contribution in [0.15, 0.2) is 36.7 Å². The molecule has 0 atom stereocenters. The highest BCUT2D eigenvalue weighted by molar-refractivity contribution is 5.93. The van der Waals surface area contributed by atoms with E-state index in [1.807, 2.05) is 42.2 Å². The Hall–Kier alpha value is -2.87. The van der Waals surface area contributed by atoms with Crippen molar-refractivity contribution in [3.63, 3.8) is 0 Å². The van der Waals surface area contributed by atoms with Crippen molar-refractivity contribution >= 4 is 22.8 Å². The van der Waals surface area contributed by atoms with Gasteiger partial charge < -0.3 is 9.88 Å². The fourth-order valence-electron chi connectivity index (χ4n) is 3.69. The second kappa shape index (κ2) is 5.84. The van der Waals surface area contributed by atoms with Gasteiger partial charge in [-0.25, -0.2) is 9.78 Å². The lowest BCUT2D eigenvalue weighted by Gasteiger charge is -2.38. The first-order valence-corrected chi connectivity index (χ1v) is 8.90. The lowest BCUT2D eigenvalue weighted by molar-refractivity contribution is 0.0885.